The summed E-state index contributed by atoms with van der Waals surface area (Å²) < 4.78 is 0. The van der Waals surface area contributed by atoms with Crippen LogP contribution in [0.1, 0.15) is 92.9 Å². The average molecular weight is 399 g/mol. The second-order valence-electron chi connectivity index (χ2n) is 12.3. The van der Waals surface area contributed by atoms with Crippen molar-refractivity contribution < 1.29 is 5.11 Å². The number of aliphatic hydroxyl groups excluding tert-OH is 1. The van der Waals surface area contributed by atoms with Crippen molar-refractivity contribution in [2.75, 3.05) is 0 Å². The molecule has 0 saturated heterocycles. The summed E-state index contributed by atoms with van der Waals surface area (Å²) in [5.41, 5.74) is 2.79. The first-order chi connectivity index (χ1) is 13.7. The number of hydrogen-bond acceptors (Lipinski definition) is 1. The Bertz CT molecular complexity index is 659. The third kappa shape index (κ3) is 3.58. The molecule has 3 saturated carbocycles. The molecule has 0 radical (unpaired) electrons. The van der Waals surface area contributed by atoms with E-state index in [1.807, 2.05) is 5.57 Å². The molecular weight excluding hydrogens is 352 g/mol. The SMILES string of the molecule is CC(C)[C@@H](C)/C=C/[C@H](C)[C@@H]1CC[C@H]2C3=CC[C@H]4C[C@@H](O)CC[C@@]4(C)[C@@H]3CC[C@]21C. The van der Waals surface area contributed by atoms with Crippen LogP contribution in [0, 0.1) is 52.3 Å². The molecule has 1 nitrogen and oxygen atoms in total. The first-order valence-electron chi connectivity index (χ1n) is 12.7. The lowest BCUT2D eigenvalue weighted by Crippen LogP contribution is -2.49. The van der Waals surface area contributed by atoms with Gasteiger partial charge in [0.1, 0.15) is 0 Å². The Morgan fingerprint density at radius 2 is 1.62 bits per heavy atom. The standard InChI is InChI=1S/C28H46O/c1-18(2)19(3)7-8-20(4)24-11-12-25-23-10-9-21-17-22(29)13-15-27(21,5)26(23)14-16-28(24,25)6/h7-8,10,18-22,24-26,29H,9,11-17H2,1-6H3/b8-7+/t19-,20-,21-,22-,24-,25-,26+,27+,28-/m0/s1. The minimum Gasteiger partial charge on any atom is -0.393 e. The van der Waals surface area contributed by atoms with E-state index in [0.717, 1.165) is 36.5 Å². The molecular formula is C28H46O. The maximum absolute atomic E-state index is 10.2. The quantitative estimate of drug-likeness (QED) is 0.489. The van der Waals surface area contributed by atoms with E-state index in [2.05, 4.69) is 59.8 Å². The van der Waals surface area contributed by atoms with Crippen LogP contribution < -0.4 is 0 Å². The maximum Gasteiger partial charge on any atom is 0.0543 e. The third-order valence-electron chi connectivity index (χ3n) is 10.5. The molecule has 0 heterocycles. The van der Waals surface area contributed by atoms with Crippen molar-refractivity contribution >= 4 is 0 Å². The van der Waals surface area contributed by atoms with E-state index >= 15 is 0 Å². The monoisotopic (exact) mass is 398 g/mol. The minimum absolute atomic E-state index is 0.0476. The van der Waals surface area contributed by atoms with Gasteiger partial charge in [-0.2, -0.15) is 0 Å². The average Bonchev–Trinajstić information content (AvgIpc) is 3.03. The molecule has 4 aliphatic rings. The largest absolute Gasteiger partial charge is 0.393 e. The van der Waals surface area contributed by atoms with Gasteiger partial charge in [0.2, 0.25) is 0 Å². The zero-order valence-corrected chi connectivity index (χ0v) is 20.0. The summed E-state index contributed by atoms with van der Waals surface area (Å²) in [4.78, 5) is 0. The smallest absolute Gasteiger partial charge is 0.0543 e. The highest BCUT2D eigenvalue weighted by molar-refractivity contribution is 5.28. The van der Waals surface area contributed by atoms with Crippen LogP contribution in [-0.4, -0.2) is 11.2 Å². The van der Waals surface area contributed by atoms with Gasteiger partial charge in [-0.3, -0.25) is 0 Å². The van der Waals surface area contributed by atoms with E-state index in [1.54, 1.807) is 0 Å². The van der Waals surface area contributed by atoms with Crippen molar-refractivity contribution in [2.24, 2.45) is 52.3 Å². The molecule has 3 fully saturated rings. The molecule has 0 amide bonds. The Balaban J connectivity index is 1.54. The van der Waals surface area contributed by atoms with Gasteiger partial charge < -0.3 is 5.11 Å². The fourth-order valence-corrected chi connectivity index (χ4v) is 8.10. The van der Waals surface area contributed by atoms with Gasteiger partial charge >= 0.3 is 0 Å². The molecule has 0 bridgehead atoms. The molecule has 0 aromatic carbocycles. The van der Waals surface area contributed by atoms with Crippen LogP contribution in [-0.2, 0) is 0 Å². The van der Waals surface area contributed by atoms with E-state index in [1.165, 1.54) is 38.5 Å². The van der Waals surface area contributed by atoms with Crippen LogP contribution in [0.4, 0.5) is 0 Å². The number of rotatable bonds is 4. The second kappa shape index (κ2) is 7.85. The zero-order valence-electron chi connectivity index (χ0n) is 20.0. The summed E-state index contributed by atoms with van der Waals surface area (Å²) in [6.45, 7) is 14.7. The van der Waals surface area contributed by atoms with Crippen LogP contribution in [0.5, 0.6) is 0 Å². The lowest BCUT2D eigenvalue weighted by molar-refractivity contribution is -0.0414. The van der Waals surface area contributed by atoms with Crippen molar-refractivity contribution in [3.63, 3.8) is 0 Å². The van der Waals surface area contributed by atoms with Crippen LogP contribution in [0.25, 0.3) is 0 Å². The predicted octanol–water partition coefficient (Wildman–Crippen LogP) is 7.41. The van der Waals surface area contributed by atoms with Crippen molar-refractivity contribution in [3.05, 3.63) is 23.8 Å². The normalized spacial score (nSPS) is 46.8. The van der Waals surface area contributed by atoms with E-state index in [4.69, 9.17) is 0 Å². The summed E-state index contributed by atoms with van der Waals surface area (Å²) >= 11 is 0. The van der Waals surface area contributed by atoms with E-state index < -0.39 is 0 Å². The Hall–Kier alpha value is -0.560. The maximum atomic E-state index is 10.2. The highest BCUT2D eigenvalue weighted by Gasteiger charge is 2.57. The molecule has 0 aromatic rings. The molecule has 1 heteroatoms. The van der Waals surface area contributed by atoms with Gasteiger partial charge in [-0.1, -0.05) is 65.3 Å². The molecule has 0 unspecified atom stereocenters. The minimum atomic E-state index is -0.0476. The first kappa shape index (κ1) is 21.7. The summed E-state index contributed by atoms with van der Waals surface area (Å²) in [7, 11) is 0. The van der Waals surface area contributed by atoms with E-state index in [9.17, 15) is 5.11 Å². The van der Waals surface area contributed by atoms with Gasteiger partial charge in [0.25, 0.3) is 0 Å². The van der Waals surface area contributed by atoms with E-state index in [-0.39, 0.29) is 6.10 Å². The fourth-order valence-electron chi connectivity index (χ4n) is 8.10. The van der Waals surface area contributed by atoms with Crippen LogP contribution in [0.15, 0.2) is 23.8 Å². The predicted molar refractivity (Wildman–Crippen MR) is 124 cm³/mol. The number of hydrogen-bond donors (Lipinski definition) is 1. The van der Waals surface area contributed by atoms with Crippen molar-refractivity contribution in [3.8, 4) is 0 Å². The van der Waals surface area contributed by atoms with Crippen LogP contribution in [0.3, 0.4) is 0 Å². The highest BCUT2D eigenvalue weighted by Crippen LogP contribution is 2.66. The van der Waals surface area contributed by atoms with Crippen molar-refractivity contribution in [1.29, 1.82) is 0 Å². The van der Waals surface area contributed by atoms with Gasteiger partial charge in [0, 0.05) is 0 Å². The number of fused-ring (bicyclic) bond motifs is 5. The van der Waals surface area contributed by atoms with Gasteiger partial charge in [-0.05, 0) is 104 Å². The summed E-state index contributed by atoms with van der Waals surface area (Å²) in [5, 5.41) is 10.2. The second-order valence-corrected chi connectivity index (χ2v) is 12.3. The van der Waals surface area contributed by atoms with Crippen molar-refractivity contribution in [1.82, 2.24) is 0 Å². The first-order valence-corrected chi connectivity index (χ1v) is 12.7. The molecule has 1 N–H and O–H groups in total. The summed E-state index contributed by atoms with van der Waals surface area (Å²) in [6.07, 6.45) is 17.8. The highest BCUT2D eigenvalue weighted by atomic mass is 16.3. The Morgan fingerprint density at radius 1 is 0.931 bits per heavy atom. The lowest BCUT2D eigenvalue weighted by Gasteiger charge is -2.57. The molecule has 164 valence electrons. The topological polar surface area (TPSA) is 20.2 Å². The van der Waals surface area contributed by atoms with Gasteiger partial charge in [0.05, 0.1) is 6.10 Å². The van der Waals surface area contributed by atoms with E-state index in [0.29, 0.717) is 28.6 Å². The van der Waals surface area contributed by atoms with Crippen LogP contribution in [0.2, 0.25) is 0 Å². The molecule has 4 rings (SSSR count). The van der Waals surface area contributed by atoms with Gasteiger partial charge in [0.15, 0.2) is 0 Å². The van der Waals surface area contributed by atoms with Gasteiger partial charge in [-0.25, -0.2) is 0 Å². The number of allylic oxidation sites excluding steroid dienone is 4. The molecule has 29 heavy (non-hydrogen) atoms. The molecule has 9 atom stereocenters. The zero-order chi connectivity index (χ0) is 21.0. The summed E-state index contributed by atoms with van der Waals surface area (Å²) in [6, 6.07) is 0. The van der Waals surface area contributed by atoms with Gasteiger partial charge in [-0.15, -0.1) is 0 Å². The Kier molecular flexibility index (Phi) is 5.86. The fraction of sp³-hybridized carbons (Fsp3) is 0.857. The lowest BCUT2D eigenvalue weighted by atomic mass is 9.47. The molecule has 0 aromatic heterocycles. The molecule has 0 aliphatic heterocycles. The Morgan fingerprint density at radius 3 is 2.34 bits per heavy atom. The number of aliphatic hydroxyl groups is 1. The molecule has 4 aliphatic carbocycles. The van der Waals surface area contributed by atoms with Crippen molar-refractivity contribution in [2.45, 2.75) is 99.0 Å². The van der Waals surface area contributed by atoms with Crippen LogP contribution >= 0.6 is 0 Å². The third-order valence-corrected chi connectivity index (χ3v) is 10.5. The summed E-state index contributed by atoms with van der Waals surface area (Å²) in [5.74, 6) is 5.25. The molecule has 0 spiro atoms. The Labute approximate surface area is 180 Å².